The number of para-hydroxylation sites is 2. The first-order valence-corrected chi connectivity index (χ1v) is 11.3. The lowest BCUT2D eigenvalue weighted by molar-refractivity contribution is -0.128. The van der Waals surface area contributed by atoms with Crippen LogP contribution in [0.15, 0.2) is 48.5 Å². The van der Waals surface area contributed by atoms with Crippen LogP contribution in [0.4, 0.5) is 10.5 Å². The molecule has 3 N–H and O–H groups in total. The molecule has 3 rings (SSSR count). The van der Waals surface area contributed by atoms with Crippen molar-refractivity contribution in [1.82, 2.24) is 15.5 Å². The summed E-state index contributed by atoms with van der Waals surface area (Å²) in [5, 5.41) is 8.66. The number of ether oxygens (including phenoxy) is 2. The van der Waals surface area contributed by atoms with Gasteiger partial charge in [-0.2, -0.15) is 0 Å². The number of benzene rings is 2. The van der Waals surface area contributed by atoms with Gasteiger partial charge in [0.15, 0.2) is 0 Å². The van der Waals surface area contributed by atoms with Crippen molar-refractivity contribution in [2.45, 2.75) is 38.3 Å². The topological polar surface area (TPSA) is 109 Å². The maximum atomic E-state index is 13.0. The molecule has 0 bridgehead atoms. The molecule has 1 aliphatic rings. The molecule has 9 nitrogen and oxygen atoms in total. The third-order valence-electron chi connectivity index (χ3n) is 5.75. The van der Waals surface area contributed by atoms with Crippen molar-refractivity contribution in [2.75, 3.05) is 32.6 Å². The Hall–Kier alpha value is -3.75. The number of carbonyl (C=O) groups excluding carboxylic acids is 3. The van der Waals surface area contributed by atoms with Crippen LogP contribution in [-0.2, 0) is 16.0 Å². The molecule has 0 radical (unpaired) electrons. The van der Waals surface area contributed by atoms with E-state index in [-0.39, 0.29) is 23.9 Å². The number of hydrogen-bond donors (Lipinski definition) is 3. The van der Waals surface area contributed by atoms with E-state index in [0.29, 0.717) is 49.5 Å². The second kappa shape index (κ2) is 11.9. The zero-order valence-corrected chi connectivity index (χ0v) is 19.8. The second-order valence-electron chi connectivity index (χ2n) is 8.21. The van der Waals surface area contributed by atoms with Crippen LogP contribution in [-0.4, -0.2) is 62.1 Å². The predicted molar refractivity (Wildman–Crippen MR) is 129 cm³/mol. The molecule has 34 heavy (non-hydrogen) atoms. The summed E-state index contributed by atoms with van der Waals surface area (Å²) in [7, 11) is 3.14. The van der Waals surface area contributed by atoms with E-state index in [4.69, 9.17) is 9.47 Å². The zero-order chi connectivity index (χ0) is 24.5. The Morgan fingerprint density at radius 1 is 1.03 bits per heavy atom. The molecule has 0 saturated carbocycles. The van der Waals surface area contributed by atoms with E-state index in [1.54, 1.807) is 31.3 Å². The van der Waals surface area contributed by atoms with Crippen LogP contribution in [0.2, 0.25) is 0 Å². The van der Waals surface area contributed by atoms with Crippen LogP contribution in [0.1, 0.15) is 25.3 Å². The first-order chi connectivity index (χ1) is 16.4. The highest BCUT2D eigenvalue weighted by atomic mass is 16.5. The Kier molecular flexibility index (Phi) is 8.73. The number of likely N-dealkylation sites (tertiary alicyclic amines) is 1. The van der Waals surface area contributed by atoms with Crippen molar-refractivity contribution in [3.05, 3.63) is 54.1 Å². The third kappa shape index (κ3) is 6.87. The average molecular weight is 469 g/mol. The van der Waals surface area contributed by atoms with Gasteiger partial charge in [0.1, 0.15) is 17.5 Å². The summed E-state index contributed by atoms with van der Waals surface area (Å²) in [6.45, 7) is 2.41. The predicted octanol–water partition coefficient (Wildman–Crippen LogP) is 2.56. The Bertz CT molecular complexity index is 1000. The highest BCUT2D eigenvalue weighted by Crippen LogP contribution is 2.24. The number of rotatable bonds is 8. The minimum absolute atomic E-state index is 0.0793. The molecule has 1 saturated heterocycles. The van der Waals surface area contributed by atoms with Crippen molar-refractivity contribution in [2.24, 2.45) is 0 Å². The standard InChI is InChI=1S/C25H32N4O5/c1-17(30)26-22(16-18-7-6-8-20(15-18)33-2)24(31)27-19-11-13-29(14-12-19)25(32)28-21-9-4-5-10-23(21)34-3/h4-10,15,19,22H,11-14,16H2,1-3H3,(H,26,30)(H,27,31)(H,28,32). The number of nitrogens with one attached hydrogen (secondary N) is 3. The van der Waals surface area contributed by atoms with Gasteiger partial charge in [-0.25, -0.2) is 4.79 Å². The molecule has 0 aromatic heterocycles. The van der Waals surface area contributed by atoms with Crippen molar-refractivity contribution in [1.29, 1.82) is 0 Å². The summed E-state index contributed by atoms with van der Waals surface area (Å²) in [6.07, 6.45) is 1.59. The van der Waals surface area contributed by atoms with E-state index in [1.807, 2.05) is 36.4 Å². The van der Waals surface area contributed by atoms with Crippen LogP contribution in [0.3, 0.4) is 0 Å². The van der Waals surface area contributed by atoms with Gasteiger partial charge in [0, 0.05) is 32.5 Å². The fourth-order valence-electron chi connectivity index (χ4n) is 3.96. The van der Waals surface area contributed by atoms with Crippen molar-refractivity contribution < 1.29 is 23.9 Å². The number of nitrogens with zero attached hydrogens (tertiary/aromatic N) is 1. The van der Waals surface area contributed by atoms with Gasteiger partial charge in [-0.1, -0.05) is 24.3 Å². The van der Waals surface area contributed by atoms with Crippen molar-refractivity contribution >= 4 is 23.5 Å². The molecule has 1 heterocycles. The molecule has 2 aromatic carbocycles. The smallest absolute Gasteiger partial charge is 0.321 e. The van der Waals surface area contributed by atoms with Crippen molar-refractivity contribution in [3.8, 4) is 11.5 Å². The molecule has 182 valence electrons. The maximum absolute atomic E-state index is 13.0. The summed E-state index contributed by atoms with van der Waals surface area (Å²) >= 11 is 0. The van der Waals surface area contributed by atoms with Gasteiger partial charge < -0.3 is 30.3 Å². The summed E-state index contributed by atoms with van der Waals surface area (Å²) in [5.74, 6) is 0.775. The minimum atomic E-state index is -0.698. The van der Waals surface area contributed by atoms with Gasteiger partial charge in [0.05, 0.1) is 19.9 Å². The van der Waals surface area contributed by atoms with Crippen LogP contribution in [0.25, 0.3) is 0 Å². The van der Waals surface area contributed by atoms with Gasteiger partial charge >= 0.3 is 6.03 Å². The van der Waals surface area contributed by atoms with Gasteiger partial charge in [0.25, 0.3) is 0 Å². The van der Waals surface area contributed by atoms with Gasteiger partial charge in [-0.15, -0.1) is 0 Å². The molecule has 4 amide bonds. The summed E-state index contributed by atoms with van der Waals surface area (Å²) in [5.41, 5.74) is 1.50. The Balaban J connectivity index is 1.54. The number of urea groups is 1. The van der Waals surface area contributed by atoms with Gasteiger partial charge in [0.2, 0.25) is 11.8 Å². The van der Waals surface area contributed by atoms with Crippen molar-refractivity contribution in [3.63, 3.8) is 0 Å². The average Bonchev–Trinajstić information content (AvgIpc) is 2.84. The number of amides is 4. The van der Waals surface area contributed by atoms with E-state index in [1.165, 1.54) is 6.92 Å². The molecule has 1 unspecified atom stereocenters. The van der Waals surface area contributed by atoms with Crippen LogP contribution >= 0.6 is 0 Å². The lowest BCUT2D eigenvalue weighted by Crippen LogP contribution is -2.53. The first-order valence-electron chi connectivity index (χ1n) is 11.3. The van der Waals surface area contributed by atoms with E-state index >= 15 is 0 Å². The van der Waals surface area contributed by atoms with Crippen LogP contribution in [0.5, 0.6) is 11.5 Å². The third-order valence-corrected chi connectivity index (χ3v) is 5.75. The molecule has 9 heteroatoms. The molecular formula is C25H32N4O5. The molecule has 1 atom stereocenters. The number of piperidine rings is 1. The Labute approximate surface area is 199 Å². The second-order valence-corrected chi connectivity index (χ2v) is 8.21. The van der Waals surface area contributed by atoms with E-state index in [0.717, 1.165) is 5.56 Å². The molecule has 1 fully saturated rings. The SMILES string of the molecule is COc1cccc(CC(NC(C)=O)C(=O)NC2CCN(C(=O)Nc3ccccc3OC)CC2)c1. The first kappa shape index (κ1) is 24.9. The number of anilines is 1. The zero-order valence-electron chi connectivity index (χ0n) is 19.8. The van der Waals surface area contributed by atoms with Gasteiger partial charge in [-0.3, -0.25) is 9.59 Å². The number of methoxy groups -OCH3 is 2. The summed E-state index contributed by atoms with van der Waals surface area (Å²) in [6, 6.07) is 13.7. The highest BCUT2D eigenvalue weighted by Gasteiger charge is 2.27. The van der Waals surface area contributed by atoms with E-state index < -0.39 is 6.04 Å². The number of hydrogen-bond acceptors (Lipinski definition) is 5. The molecule has 0 spiro atoms. The van der Waals surface area contributed by atoms with E-state index in [2.05, 4.69) is 16.0 Å². The molecule has 1 aliphatic heterocycles. The van der Waals surface area contributed by atoms with Crippen LogP contribution < -0.4 is 25.4 Å². The minimum Gasteiger partial charge on any atom is -0.497 e. The van der Waals surface area contributed by atoms with E-state index in [9.17, 15) is 14.4 Å². The number of carbonyl (C=O) groups is 3. The largest absolute Gasteiger partial charge is 0.497 e. The normalized spacial score (nSPS) is 14.6. The molecular weight excluding hydrogens is 436 g/mol. The molecule has 0 aliphatic carbocycles. The highest BCUT2D eigenvalue weighted by molar-refractivity contribution is 5.91. The lowest BCUT2D eigenvalue weighted by atomic mass is 10.0. The summed E-state index contributed by atoms with van der Waals surface area (Å²) in [4.78, 5) is 39.1. The van der Waals surface area contributed by atoms with Gasteiger partial charge in [-0.05, 0) is 42.7 Å². The summed E-state index contributed by atoms with van der Waals surface area (Å²) < 4.78 is 10.5. The maximum Gasteiger partial charge on any atom is 0.321 e. The molecule has 2 aromatic rings. The Morgan fingerprint density at radius 3 is 2.44 bits per heavy atom. The fourth-order valence-corrected chi connectivity index (χ4v) is 3.96. The monoisotopic (exact) mass is 468 g/mol. The lowest BCUT2D eigenvalue weighted by Gasteiger charge is -2.33. The van der Waals surface area contributed by atoms with Crippen LogP contribution in [0, 0.1) is 0 Å². The quantitative estimate of drug-likeness (QED) is 0.552. The fraction of sp³-hybridized carbons (Fsp3) is 0.400. The Morgan fingerprint density at radius 2 is 1.76 bits per heavy atom.